The summed E-state index contributed by atoms with van der Waals surface area (Å²) in [6, 6.07) is 3.93. The summed E-state index contributed by atoms with van der Waals surface area (Å²) in [6.45, 7) is 3.88. The Balaban J connectivity index is 1.54. The molecule has 3 aromatic rings. The van der Waals surface area contributed by atoms with Crippen LogP contribution in [0.3, 0.4) is 0 Å². The highest BCUT2D eigenvalue weighted by Crippen LogP contribution is 2.28. The standard InChI is InChI=1S/C15H17N7/c1-11-2-3-13-18-19-15(22(13)20-11)12-4-8-21(9-5-12)14-10-16-6-7-17-14/h2-3,6-7,10,12H,4-5,8-9H2,1H3. The van der Waals surface area contributed by atoms with E-state index in [-0.39, 0.29) is 0 Å². The molecule has 0 spiro atoms. The topological polar surface area (TPSA) is 72.1 Å². The molecule has 0 unspecified atom stereocenters. The molecule has 1 saturated heterocycles. The number of aromatic nitrogens is 6. The van der Waals surface area contributed by atoms with Gasteiger partial charge in [-0.25, -0.2) is 4.98 Å². The van der Waals surface area contributed by atoms with Crippen LogP contribution < -0.4 is 4.90 Å². The second-order valence-corrected chi connectivity index (χ2v) is 5.63. The Morgan fingerprint density at radius 1 is 1.09 bits per heavy atom. The van der Waals surface area contributed by atoms with E-state index >= 15 is 0 Å². The molecular formula is C15H17N7. The van der Waals surface area contributed by atoms with Crippen molar-refractivity contribution in [3.63, 3.8) is 0 Å². The summed E-state index contributed by atoms with van der Waals surface area (Å²) < 4.78 is 1.89. The monoisotopic (exact) mass is 295 g/mol. The largest absolute Gasteiger partial charge is 0.355 e. The molecule has 4 rings (SSSR count). The normalized spacial score (nSPS) is 16.3. The molecule has 4 heterocycles. The van der Waals surface area contributed by atoms with Crippen LogP contribution in [0.4, 0.5) is 5.82 Å². The van der Waals surface area contributed by atoms with Crippen molar-refractivity contribution in [2.45, 2.75) is 25.7 Å². The third kappa shape index (κ3) is 2.28. The lowest BCUT2D eigenvalue weighted by atomic mass is 9.96. The van der Waals surface area contributed by atoms with Crippen LogP contribution in [0.1, 0.15) is 30.3 Å². The highest BCUT2D eigenvalue weighted by atomic mass is 15.4. The minimum Gasteiger partial charge on any atom is -0.355 e. The summed E-state index contributed by atoms with van der Waals surface area (Å²) in [5.41, 5.74) is 1.79. The fraction of sp³-hybridized carbons (Fsp3) is 0.400. The Hall–Kier alpha value is -2.57. The third-order valence-electron chi connectivity index (χ3n) is 4.15. The molecule has 0 bridgehead atoms. The van der Waals surface area contributed by atoms with Gasteiger partial charge in [-0.15, -0.1) is 10.2 Å². The van der Waals surface area contributed by atoms with Crippen molar-refractivity contribution in [1.29, 1.82) is 0 Å². The van der Waals surface area contributed by atoms with Crippen LogP contribution in [0.5, 0.6) is 0 Å². The maximum Gasteiger partial charge on any atom is 0.177 e. The summed E-state index contributed by atoms with van der Waals surface area (Å²) >= 11 is 0. The van der Waals surface area contributed by atoms with Crippen LogP contribution in [0.2, 0.25) is 0 Å². The van der Waals surface area contributed by atoms with Crippen molar-refractivity contribution in [3.05, 3.63) is 42.2 Å². The van der Waals surface area contributed by atoms with Crippen LogP contribution in [-0.2, 0) is 0 Å². The predicted octanol–water partition coefficient (Wildman–Crippen LogP) is 1.61. The van der Waals surface area contributed by atoms with Crippen molar-refractivity contribution in [2.24, 2.45) is 0 Å². The lowest BCUT2D eigenvalue weighted by molar-refractivity contribution is 0.474. The summed E-state index contributed by atoms with van der Waals surface area (Å²) in [6.07, 6.45) is 7.30. The van der Waals surface area contributed by atoms with Crippen molar-refractivity contribution >= 4 is 11.5 Å². The van der Waals surface area contributed by atoms with Gasteiger partial charge in [-0.1, -0.05) is 0 Å². The van der Waals surface area contributed by atoms with Gasteiger partial charge in [-0.2, -0.15) is 9.61 Å². The number of nitrogens with zero attached hydrogens (tertiary/aromatic N) is 7. The highest BCUT2D eigenvalue weighted by Gasteiger charge is 2.25. The maximum absolute atomic E-state index is 4.54. The zero-order valence-electron chi connectivity index (χ0n) is 12.4. The van der Waals surface area contributed by atoms with Crippen LogP contribution in [0, 0.1) is 6.92 Å². The molecule has 112 valence electrons. The number of aryl methyl sites for hydroxylation is 1. The fourth-order valence-corrected chi connectivity index (χ4v) is 2.97. The van der Waals surface area contributed by atoms with E-state index < -0.39 is 0 Å². The Kier molecular flexibility index (Phi) is 3.17. The third-order valence-corrected chi connectivity index (χ3v) is 4.15. The van der Waals surface area contributed by atoms with Gasteiger partial charge in [0.25, 0.3) is 0 Å². The number of hydrogen-bond acceptors (Lipinski definition) is 6. The molecule has 1 aliphatic heterocycles. The summed E-state index contributed by atoms with van der Waals surface area (Å²) in [7, 11) is 0. The summed E-state index contributed by atoms with van der Waals surface area (Å²) in [5.74, 6) is 2.30. The minimum absolute atomic E-state index is 0.386. The van der Waals surface area contributed by atoms with Gasteiger partial charge < -0.3 is 4.90 Å². The molecule has 0 amide bonds. The molecular weight excluding hydrogens is 278 g/mol. The Labute approximate surface area is 128 Å². The molecule has 3 aromatic heterocycles. The van der Waals surface area contributed by atoms with Gasteiger partial charge in [0.1, 0.15) is 5.82 Å². The van der Waals surface area contributed by atoms with Crippen LogP contribution in [-0.4, -0.2) is 42.9 Å². The first kappa shape index (κ1) is 13.1. The number of hydrogen-bond donors (Lipinski definition) is 0. The van der Waals surface area contributed by atoms with E-state index in [1.807, 2.05) is 29.8 Å². The molecule has 7 heteroatoms. The van der Waals surface area contributed by atoms with Crippen LogP contribution in [0.15, 0.2) is 30.7 Å². The molecule has 1 fully saturated rings. The van der Waals surface area contributed by atoms with E-state index in [1.54, 1.807) is 12.4 Å². The van der Waals surface area contributed by atoms with Gasteiger partial charge in [0, 0.05) is 31.4 Å². The quantitative estimate of drug-likeness (QED) is 0.715. The molecule has 0 atom stereocenters. The molecule has 0 N–H and O–H groups in total. The lowest BCUT2D eigenvalue weighted by Crippen LogP contribution is -2.34. The zero-order chi connectivity index (χ0) is 14.9. The summed E-state index contributed by atoms with van der Waals surface area (Å²) in [5, 5.41) is 13.1. The maximum atomic E-state index is 4.54. The van der Waals surface area contributed by atoms with Crippen LogP contribution >= 0.6 is 0 Å². The number of anilines is 1. The average molecular weight is 295 g/mol. The predicted molar refractivity (Wildman–Crippen MR) is 81.7 cm³/mol. The second-order valence-electron chi connectivity index (χ2n) is 5.63. The Morgan fingerprint density at radius 2 is 1.95 bits per heavy atom. The van der Waals surface area contributed by atoms with Gasteiger partial charge in [-0.05, 0) is 31.9 Å². The second kappa shape index (κ2) is 5.32. The van der Waals surface area contributed by atoms with Gasteiger partial charge in [-0.3, -0.25) is 4.98 Å². The number of fused-ring (bicyclic) bond motifs is 1. The molecule has 7 nitrogen and oxygen atoms in total. The van der Waals surface area contributed by atoms with Gasteiger partial charge in [0.05, 0.1) is 11.9 Å². The molecule has 0 aliphatic carbocycles. The smallest absolute Gasteiger partial charge is 0.177 e. The van der Waals surface area contributed by atoms with Crippen molar-refractivity contribution in [3.8, 4) is 0 Å². The molecule has 0 radical (unpaired) electrons. The van der Waals surface area contributed by atoms with Crippen molar-refractivity contribution in [2.75, 3.05) is 18.0 Å². The van der Waals surface area contributed by atoms with Gasteiger partial charge >= 0.3 is 0 Å². The molecule has 1 aliphatic rings. The SMILES string of the molecule is Cc1ccc2nnc(C3CCN(c4cnccn4)CC3)n2n1. The Morgan fingerprint density at radius 3 is 2.73 bits per heavy atom. The van der Waals surface area contributed by atoms with Gasteiger partial charge in [0.15, 0.2) is 11.5 Å². The molecule has 0 aromatic carbocycles. The van der Waals surface area contributed by atoms with E-state index in [0.29, 0.717) is 5.92 Å². The molecule has 22 heavy (non-hydrogen) atoms. The minimum atomic E-state index is 0.386. The first-order valence-corrected chi connectivity index (χ1v) is 7.51. The first-order valence-electron chi connectivity index (χ1n) is 7.51. The fourth-order valence-electron chi connectivity index (χ4n) is 2.97. The van der Waals surface area contributed by atoms with E-state index in [4.69, 9.17) is 0 Å². The highest BCUT2D eigenvalue weighted by molar-refractivity contribution is 5.38. The first-order chi connectivity index (χ1) is 10.8. The van der Waals surface area contributed by atoms with Gasteiger partial charge in [0.2, 0.25) is 0 Å². The van der Waals surface area contributed by atoms with E-state index in [0.717, 1.165) is 48.9 Å². The van der Waals surface area contributed by atoms with E-state index in [2.05, 4.69) is 30.2 Å². The van der Waals surface area contributed by atoms with Crippen molar-refractivity contribution in [1.82, 2.24) is 29.8 Å². The van der Waals surface area contributed by atoms with E-state index in [1.165, 1.54) is 0 Å². The van der Waals surface area contributed by atoms with Crippen LogP contribution in [0.25, 0.3) is 5.65 Å². The summed E-state index contributed by atoms with van der Waals surface area (Å²) in [4.78, 5) is 10.8. The number of rotatable bonds is 2. The Bertz CT molecular complexity index is 775. The lowest BCUT2D eigenvalue weighted by Gasteiger charge is -2.31. The number of piperidine rings is 1. The average Bonchev–Trinajstić information content (AvgIpc) is 2.99. The van der Waals surface area contributed by atoms with Crippen molar-refractivity contribution < 1.29 is 0 Å². The zero-order valence-corrected chi connectivity index (χ0v) is 12.4. The van der Waals surface area contributed by atoms with E-state index in [9.17, 15) is 0 Å². The molecule has 0 saturated carbocycles.